The Morgan fingerprint density at radius 1 is 0.788 bits per heavy atom. The number of hydrogen-bond donors (Lipinski definition) is 3. The van der Waals surface area contributed by atoms with Crippen LogP contribution in [0.3, 0.4) is 0 Å². The fourth-order valence-electron chi connectivity index (χ4n) is 5.03. The van der Waals surface area contributed by atoms with Crippen molar-refractivity contribution in [3.63, 3.8) is 0 Å². The van der Waals surface area contributed by atoms with Gasteiger partial charge in [-0.2, -0.15) is 0 Å². The van der Waals surface area contributed by atoms with Crippen molar-refractivity contribution in [2.45, 2.75) is 65.4 Å². The molecule has 0 aliphatic rings. The lowest BCUT2D eigenvalue weighted by atomic mass is 10.1. The van der Waals surface area contributed by atoms with Gasteiger partial charge in [-0.3, -0.25) is 19.8 Å². The smallest absolute Gasteiger partial charge is 0.407 e. The molecular weight excluding hydrogens is 666 g/mol. The molecule has 282 valence electrons. The van der Waals surface area contributed by atoms with Gasteiger partial charge in [-0.1, -0.05) is 18.2 Å². The molecule has 0 unspecified atom stereocenters. The van der Waals surface area contributed by atoms with Gasteiger partial charge in [-0.15, -0.1) is 0 Å². The second kappa shape index (κ2) is 19.9. The summed E-state index contributed by atoms with van der Waals surface area (Å²) in [7, 11) is 6.69. The van der Waals surface area contributed by atoms with Gasteiger partial charge in [0.15, 0.2) is 0 Å². The molecule has 3 aromatic carbocycles. The topological polar surface area (TPSA) is 148 Å². The second-order valence-corrected chi connectivity index (χ2v) is 13.4. The fourth-order valence-corrected chi connectivity index (χ4v) is 5.03. The summed E-state index contributed by atoms with van der Waals surface area (Å²) in [5.74, 6) is 0.532. The van der Waals surface area contributed by atoms with Crippen LogP contribution in [0.4, 0.5) is 16.2 Å². The maximum absolute atomic E-state index is 13.7. The zero-order valence-electron chi connectivity index (χ0n) is 31.6. The molecule has 0 aromatic heterocycles. The Morgan fingerprint density at radius 2 is 1.50 bits per heavy atom. The summed E-state index contributed by atoms with van der Waals surface area (Å²) < 4.78 is 22.8. The number of ether oxygens (including phenoxy) is 4. The van der Waals surface area contributed by atoms with Crippen LogP contribution in [0.25, 0.3) is 0 Å². The number of anilines is 2. The van der Waals surface area contributed by atoms with Crippen LogP contribution in [0.1, 0.15) is 79.2 Å². The lowest BCUT2D eigenvalue weighted by Crippen LogP contribution is -2.35. The quantitative estimate of drug-likeness (QED) is 0.101. The third-order valence-corrected chi connectivity index (χ3v) is 7.51. The highest BCUT2D eigenvalue weighted by Crippen LogP contribution is 2.32. The molecule has 0 spiro atoms. The van der Waals surface area contributed by atoms with E-state index in [2.05, 4.69) is 16.1 Å². The molecule has 13 nitrogen and oxygen atoms in total. The SMILES string of the molecule is COc1cc(C(=O)N(C)c2ccc(C)cc2OCCCCCC(=O)NN(C)C)ccc1NC(=O)c1ccccc1OCCCNC(=O)OC(C)(C)C. The Hall–Kier alpha value is -5.30. The Bertz CT molecular complexity index is 1670. The van der Waals surface area contributed by atoms with Crippen molar-refractivity contribution in [2.75, 3.05) is 58.2 Å². The minimum atomic E-state index is -0.585. The first-order valence-electron chi connectivity index (χ1n) is 17.3. The molecule has 0 saturated heterocycles. The van der Waals surface area contributed by atoms with Crippen LogP contribution < -0.4 is 35.2 Å². The molecule has 0 atom stereocenters. The normalized spacial score (nSPS) is 11.0. The Balaban J connectivity index is 1.61. The van der Waals surface area contributed by atoms with Crippen LogP contribution in [-0.2, 0) is 9.53 Å². The third kappa shape index (κ3) is 13.4. The average molecular weight is 720 g/mol. The van der Waals surface area contributed by atoms with Crippen LogP contribution in [0.5, 0.6) is 17.2 Å². The predicted octanol–water partition coefficient (Wildman–Crippen LogP) is 6.36. The van der Waals surface area contributed by atoms with E-state index in [9.17, 15) is 19.2 Å². The van der Waals surface area contributed by atoms with Crippen molar-refractivity contribution in [3.8, 4) is 17.2 Å². The molecule has 0 bridgehead atoms. The Labute approximate surface area is 306 Å². The summed E-state index contributed by atoms with van der Waals surface area (Å²) in [4.78, 5) is 52.3. The number of hydrazine groups is 1. The molecule has 3 rings (SSSR count). The number of nitrogens with one attached hydrogen (secondary N) is 3. The van der Waals surface area contributed by atoms with E-state index in [4.69, 9.17) is 18.9 Å². The first-order chi connectivity index (χ1) is 24.7. The van der Waals surface area contributed by atoms with Crippen LogP contribution in [0.2, 0.25) is 0 Å². The highest BCUT2D eigenvalue weighted by atomic mass is 16.6. The number of aryl methyl sites for hydroxylation is 1. The largest absolute Gasteiger partial charge is 0.495 e. The standard InChI is InChI=1S/C39H53N5O8/c1-27-18-21-31(34(25-27)51-23-13-9-10-17-35(45)42-43(5)6)44(7)37(47)28-19-20-30(33(26-28)49-8)41-36(46)29-15-11-12-16-32(29)50-24-14-22-40-38(48)52-39(2,3)4/h11-12,15-16,18-21,25-26H,9-10,13-14,17,22-24H2,1-8H3,(H,40,48)(H,41,46)(H,42,45). The van der Waals surface area contributed by atoms with Gasteiger partial charge in [-0.05, 0) is 101 Å². The van der Waals surface area contributed by atoms with Crippen LogP contribution in [-0.4, -0.2) is 82.4 Å². The van der Waals surface area contributed by atoms with E-state index in [0.717, 1.165) is 24.8 Å². The van der Waals surface area contributed by atoms with Gasteiger partial charge in [-0.25, -0.2) is 9.80 Å². The van der Waals surface area contributed by atoms with Gasteiger partial charge in [0.1, 0.15) is 22.8 Å². The molecule has 0 aliphatic heterocycles. The predicted molar refractivity (Wildman–Crippen MR) is 201 cm³/mol. The van der Waals surface area contributed by atoms with Crippen molar-refractivity contribution in [2.24, 2.45) is 0 Å². The van der Waals surface area contributed by atoms with Gasteiger partial charge in [0.25, 0.3) is 11.8 Å². The van der Waals surface area contributed by atoms with Crippen LogP contribution in [0, 0.1) is 6.92 Å². The third-order valence-electron chi connectivity index (χ3n) is 7.51. The van der Waals surface area contributed by atoms with E-state index in [-0.39, 0.29) is 18.4 Å². The highest BCUT2D eigenvalue weighted by molar-refractivity contribution is 6.09. The molecule has 0 fully saturated rings. The minimum Gasteiger partial charge on any atom is -0.495 e. The first kappa shape index (κ1) is 41.1. The van der Waals surface area contributed by atoms with Crippen LogP contribution in [0.15, 0.2) is 60.7 Å². The summed E-state index contributed by atoms with van der Waals surface area (Å²) in [6.07, 6.45) is 2.77. The molecule has 0 saturated carbocycles. The second-order valence-electron chi connectivity index (χ2n) is 13.4. The monoisotopic (exact) mass is 719 g/mol. The summed E-state index contributed by atoms with van der Waals surface area (Å²) in [5, 5.41) is 7.18. The summed E-state index contributed by atoms with van der Waals surface area (Å²) in [6, 6.07) is 17.3. The van der Waals surface area contributed by atoms with Gasteiger partial charge in [0.05, 0.1) is 37.3 Å². The number of benzene rings is 3. The van der Waals surface area contributed by atoms with E-state index in [0.29, 0.717) is 65.7 Å². The number of carbonyl (C=O) groups is 4. The van der Waals surface area contributed by atoms with Crippen molar-refractivity contribution in [1.29, 1.82) is 0 Å². The Morgan fingerprint density at radius 3 is 2.21 bits per heavy atom. The summed E-state index contributed by atoms with van der Waals surface area (Å²) in [5.41, 5.74) is 4.78. The fraction of sp³-hybridized carbons (Fsp3) is 0.436. The van der Waals surface area contributed by atoms with Gasteiger partial charge < -0.3 is 34.5 Å². The molecule has 0 radical (unpaired) electrons. The number of carbonyl (C=O) groups excluding carboxylic acids is 4. The van der Waals surface area contributed by atoms with Gasteiger partial charge >= 0.3 is 6.09 Å². The average Bonchev–Trinajstić information content (AvgIpc) is 3.08. The van der Waals surface area contributed by atoms with E-state index in [1.54, 1.807) is 89.4 Å². The number of rotatable bonds is 18. The van der Waals surface area contributed by atoms with Crippen molar-refractivity contribution < 1.29 is 38.1 Å². The van der Waals surface area contributed by atoms with Crippen molar-refractivity contribution >= 4 is 35.2 Å². The molecular formula is C39H53N5O8. The number of alkyl carbamates (subject to hydrolysis) is 1. The highest BCUT2D eigenvalue weighted by Gasteiger charge is 2.21. The Kier molecular flexibility index (Phi) is 15.8. The van der Waals surface area contributed by atoms with Gasteiger partial charge in [0.2, 0.25) is 5.91 Å². The van der Waals surface area contributed by atoms with Crippen molar-refractivity contribution in [3.05, 3.63) is 77.4 Å². The maximum atomic E-state index is 13.7. The summed E-state index contributed by atoms with van der Waals surface area (Å²) >= 11 is 0. The number of hydrogen-bond acceptors (Lipinski definition) is 9. The molecule has 4 amide bonds. The molecule has 3 N–H and O–H groups in total. The van der Waals surface area contributed by atoms with E-state index in [1.807, 2.05) is 25.1 Å². The molecule has 0 heterocycles. The lowest BCUT2D eigenvalue weighted by molar-refractivity contribution is -0.124. The first-order valence-corrected chi connectivity index (χ1v) is 17.3. The minimum absolute atomic E-state index is 0.0198. The molecule has 13 heteroatoms. The number of amides is 4. The van der Waals surface area contributed by atoms with E-state index >= 15 is 0 Å². The van der Waals surface area contributed by atoms with Gasteiger partial charge in [0, 0.05) is 39.7 Å². The number of methoxy groups -OCH3 is 1. The molecule has 3 aromatic rings. The number of unbranched alkanes of at least 4 members (excludes halogenated alkanes) is 2. The number of para-hydroxylation sites is 1. The van der Waals surface area contributed by atoms with Crippen LogP contribution >= 0.6 is 0 Å². The van der Waals surface area contributed by atoms with E-state index in [1.165, 1.54) is 12.0 Å². The maximum Gasteiger partial charge on any atom is 0.407 e. The van der Waals surface area contributed by atoms with E-state index < -0.39 is 17.6 Å². The zero-order chi connectivity index (χ0) is 38.3. The van der Waals surface area contributed by atoms with Crippen molar-refractivity contribution in [1.82, 2.24) is 15.8 Å². The summed E-state index contributed by atoms with van der Waals surface area (Å²) in [6.45, 7) is 8.38. The number of nitrogens with zero attached hydrogens (tertiary/aromatic N) is 2. The molecule has 52 heavy (non-hydrogen) atoms. The zero-order valence-corrected chi connectivity index (χ0v) is 31.6. The lowest BCUT2D eigenvalue weighted by Gasteiger charge is -2.22. The molecule has 0 aliphatic carbocycles.